The molecule has 0 spiro atoms. The summed E-state index contributed by atoms with van der Waals surface area (Å²) >= 11 is 0. The van der Waals surface area contributed by atoms with Gasteiger partial charge in [0.1, 0.15) is 18.1 Å². The molecule has 5 amide bonds. The zero-order valence-electron chi connectivity index (χ0n) is 20.4. The number of rotatable bonds is 20. The Labute approximate surface area is 213 Å². The molecule has 0 fully saturated rings. The summed E-state index contributed by atoms with van der Waals surface area (Å²) in [4.78, 5) is 82.6. The molecule has 0 aliphatic rings. The molecular formula is C21H37N7O9. The van der Waals surface area contributed by atoms with Gasteiger partial charge in [0.2, 0.25) is 29.5 Å². The standard InChI is InChI=1S/C21H37N7O9/c22-10-2-1-3-12(19(34)28-14(21(36)37)6-9-17(31)32)27-20(35)13(5-8-16(25)30)26-18(33)11(23)4-7-15(24)29/h11-14H,1-10,22-23H2,(H2,24,29)(H2,25,30)(H,26,33)(H,27,35)(H,28,34)(H,31,32)(H,36,37). The van der Waals surface area contributed by atoms with Crippen LogP contribution in [0.2, 0.25) is 0 Å². The van der Waals surface area contributed by atoms with E-state index in [1.165, 1.54) is 0 Å². The number of aliphatic carboxylic acids is 2. The Kier molecular flexibility index (Phi) is 15.8. The summed E-state index contributed by atoms with van der Waals surface area (Å²) in [7, 11) is 0. The normalized spacial score (nSPS) is 13.9. The monoisotopic (exact) mass is 531 g/mol. The van der Waals surface area contributed by atoms with Crippen LogP contribution in [-0.2, 0) is 33.6 Å². The summed E-state index contributed by atoms with van der Waals surface area (Å²) in [5.74, 6) is -6.72. The van der Waals surface area contributed by atoms with Gasteiger partial charge in [0, 0.05) is 19.3 Å². The molecule has 0 aromatic heterocycles. The number of hydrogen-bond donors (Lipinski definition) is 9. The molecule has 0 saturated carbocycles. The van der Waals surface area contributed by atoms with Crippen LogP contribution in [0.3, 0.4) is 0 Å². The lowest BCUT2D eigenvalue weighted by Crippen LogP contribution is -2.57. The summed E-state index contributed by atoms with van der Waals surface area (Å²) in [5, 5.41) is 25.1. The molecule has 210 valence electrons. The molecule has 37 heavy (non-hydrogen) atoms. The number of nitrogens with one attached hydrogen (secondary N) is 3. The van der Waals surface area contributed by atoms with Crippen LogP contribution < -0.4 is 38.9 Å². The third-order valence-electron chi connectivity index (χ3n) is 5.19. The minimum Gasteiger partial charge on any atom is -0.481 e. The molecule has 0 aromatic rings. The highest BCUT2D eigenvalue weighted by Crippen LogP contribution is 2.07. The van der Waals surface area contributed by atoms with Crippen LogP contribution in [0.25, 0.3) is 0 Å². The Morgan fingerprint density at radius 1 is 0.622 bits per heavy atom. The largest absolute Gasteiger partial charge is 0.481 e. The molecule has 13 N–H and O–H groups in total. The van der Waals surface area contributed by atoms with Gasteiger partial charge >= 0.3 is 11.9 Å². The summed E-state index contributed by atoms with van der Waals surface area (Å²) < 4.78 is 0. The van der Waals surface area contributed by atoms with E-state index >= 15 is 0 Å². The number of carbonyl (C=O) groups excluding carboxylic acids is 5. The summed E-state index contributed by atoms with van der Waals surface area (Å²) in [5.41, 5.74) is 21.4. The molecule has 4 atom stereocenters. The summed E-state index contributed by atoms with van der Waals surface area (Å²) in [6.07, 6.45) is -0.799. The van der Waals surface area contributed by atoms with Crippen LogP contribution in [0.1, 0.15) is 57.8 Å². The zero-order valence-corrected chi connectivity index (χ0v) is 20.4. The molecule has 0 aromatic carbocycles. The van der Waals surface area contributed by atoms with Crippen LogP contribution in [0.4, 0.5) is 0 Å². The van der Waals surface area contributed by atoms with Crippen molar-refractivity contribution in [3.05, 3.63) is 0 Å². The maximum Gasteiger partial charge on any atom is 0.326 e. The fourth-order valence-corrected chi connectivity index (χ4v) is 3.09. The first kappa shape index (κ1) is 33.2. The number of amides is 5. The van der Waals surface area contributed by atoms with E-state index in [9.17, 15) is 38.7 Å². The van der Waals surface area contributed by atoms with Crippen LogP contribution in [-0.4, -0.2) is 82.4 Å². The van der Waals surface area contributed by atoms with E-state index in [-0.39, 0.29) is 38.5 Å². The lowest BCUT2D eigenvalue weighted by atomic mass is 10.0. The fraction of sp³-hybridized carbons (Fsp3) is 0.667. The second-order valence-corrected chi connectivity index (χ2v) is 8.36. The Morgan fingerprint density at radius 3 is 1.57 bits per heavy atom. The average molecular weight is 532 g/mol. The number of unbranched alkanes of at least 4 members (excludes halogenated alkanes) is 1. The van der Waals surface area contributed by atoms with Gasteiger partial charge in [-0.1, -0.05) is 0 Å². The molecule has 0 radical (unpaired) electrons. The van der Waals surface area contributed by atoms with Gasteiger partial charge in [-0.2, -0.15) is 0 Å². The van der Waals surface area contributed by atoms with Crippen molar-refractivity contribution in [1.29, 1.82) is 0 Å². The second-order valence-electron chi connectivity index (χ2n) is 8.36. The van der Waals surface area contributed by atoms with E-state index in [4.69, 9.17) is 28.0 Å². The van der Waals surface area contributed by atoms with Gasteiger partial charge in [0.05, 0.1) is 6.04 Å². The number of primary amides is 2. The number of hydrogen-bond acceptors (Lipinski definition) is 9. The SMILES string of the molecule is NCCCCC(NC(=O)C(CCC(N)=O)NC(=O)C(N)CCC(N)=O)C(=O)NC(CCC(=O)O)C(=O)O. The molecule has 0 rings (SSSR count). The van der Waals surface area contributed by atoms with Gasteiger partial charge in [-0.05, 0) is 45.1 Å². The first-order valence-electron chi connectivity index (χ1n) is 11.7. The highest BCUT2D eigenvalue weighted by Gasteiger charge is 2.30. The second kappa shape index (κ2) is 17.6. The van der Waals surface area contributed by atoms with Crippen molar-refractivity contribution < 1.29 is 43.8 Å². The highest BCUT2D eigenvalue weighted by atomic mass is 16.4. The number of nitrogens with two attached hydrogens (primary N) is 4. The zero-order chi connectivity index (χ0) is 28.5. The third-order valence-corrected chi connectivity index (χ3v) is 5.19. The molecule has 0 aliphatic heterocycles. The Hall–Kier alpha value is -3.79. The number of carbonyl (C=O) groups is 7. The van der Waals surface area contributed by atoms with Crippen LogP contribution in [0.15, 0.2) is 0 Å². The molecule has 0 heterocycles. The third kappa shape index (κ3) is 15.0. The molecule has 0 bridgehead atoms. The Morgan fingerprint density at radius 2 is 1.08 bits per heavy atom. The van der Waals surface area contributed by atoms with E-state index in [0.717, 1.165) is 0 Å². The van der Waals surface area contributed by atoms with E-state index in [1.54, 1.807) is 0 Å². The van der Waals surface area contributed by atoms with Crippen molar-refractivity contribution in [1.82, 2.24) is 16.0 Å². The lowest BCUT2D eigenvalue weighted by Gasteiger charge is -2.25. The van der Waals surface area contributed by atoms with Crippen molar-refractivity contribution in [3.8, 4) is 0 Å². The number of carboxylic acids is 2. The Bertz CT molecular complexity index is 837. The summed E-state index contributed by atoms with van der Waals surface area (Å²) in [6.45, 7) is 0.291. The maximum atomic E-state index is 13.0. The number of carboxylic acid groups (broad SMARTS) is 2. The van der Waals surface area contributed by atoms with Gasteiger partial charge in [-0.25, -0.2) is 4.79 Å². The average Bonchev–Trinajstić information content (AvgIpc) is 2.81. The molecule has 16 heteroatoms. The quantitative estimate of drug-likeness (QED) is 0.0690. The van der Waals surface area contributed by atoms with Crippen molar-refractivity contribution in [2.75, 3.05) is 6.54 Å². The predicted molar refractivity (Wildman–Crippen MR) is 128 cm³/mol. The van der Waals surface area contributed by atoms with Crippen LogP contribution in [0, 0.1) is 0 Å². The summed E-state index contributed by atoms with van der Waals surface area (Å²) in [6, 6.07) is -5.31. The van der Waals surface area contributed by atoms with Crippen molar-refractivity contribution in [3.63, 3.8) is 0 Å². The first-order valence-corrected chi connectivity index (χ1v) is 11.7. The minimum atomic E-state index is -1.52. The van der Waals surface area contributed by atoms with Gasteiger partial charge in [-0.3, -0.25) is 28.8 Å². The van der Waals surface area contributed by atoms with Crippen LogP contribution in [0.5, 0.6) is 0 Å². The molecule has 16 nitrogen and oxygen atoms in total. The Balaban J connectivity index is 5.58. The van der Waals surface area contributed by atoms with E-state index in [2.05, 4.69) is 16.0 Å². The molecular weight excluding hydrogens is 494 g/mol. The first-order chi connectivity index (χ1) is 17.3. The predicted octanol–water partition coefficient (Wildman–Crippen LogP) is -3.62. The smallest absolute Gasteiger partial charge is 0.326 e. The van der Waals surface area contributed by atoms with Gasteiger partial charge in [-0.15, -0.1) is 0 Å². The van der Waals surface area contributed by atoms with Crippen molar-refractivity contribution in [2.45, 2.75) is 82.0 Å². The van der Waals surface area contributed by atoms with Crippen molar-refractivity contribution >= 4 is 41.5 Å². The van der Waals surface area contributed by atoms with Crippen molar-refractivity contribution in [2.24, 2.45) is 22.9 Å². The van der Waals surface area contributed by atoms with Gasteiger partial charge in [0.15, 0.2) is 0 Å². The van der Waals surface area contributed by atoms with Crippen LogP contribution >= 0.6 is 0 Å². The highest BCUT2D eigenvalue weighted by molar-refractivity contribution is 5.94. The van der Waals surface area contributed by atoms with Gasteiger partial charge in [0.25, 0.3) is 0 Å². The van der Waals surface area contributed by atoms with E-state index in [0.29, 0.717) is 19.4 Å². The minimum absolute atomic E-state index is 0.0503. The molecule has 0 saturated heterocycles. The topological polar surface area (TPSA) is 300 Å². The van der Waals surface area contributed by atoms with Gasteiger partial charge < -0.3 is 49.1 Å². The van der Waals surface area contributed by atoms with E-state index in [1.807, 2.05) is 0 Å². The fourth-order valence-electron chi connectivity index (χ4n) is 3.09. The molecule has 4 unspecified atom stereocenters. The molecule has 0 aliphatic carbocycles. The maximum absolute atomic E-state index is 13.0. The van der Waals surface area contributed by atoms with E-state index < -0.39 is 72.1 Å². The lowest BCUT2D eigenvalue weighted by molar-refractivity contribution is -0.143.